The van der Waals surface area contributed by atoms with E-state index in [1.165, 1.54) is 42.7 Å². The molecule has 3 rings (SSSR count). The molecule has 1 amide bonds. The van der Waals surface area contributed by atoms with Gasteiger partial charge in [0.15, 0.2) is 0 Å². The highest BCUT2D eigenvalue weighted by Crippen LogP contribution is 2.35. The minimum atomic E-state index is -0.479. The van der Waals surface area contributed by atoms with Crippen molar-refractivity contribution in [3.05, 3.63) is 39.6 Å². The van der Waals surface area contributed by atoms with Gasteiger partial charge in [0.1, 0.15) is 10.8 Å². The van der Waals surface area contributed by atoms with Gasteiger partial charge >= 0.3 is 0 Å². The molecule has 0 bridgehead atoms. The number of carbonyl (C=O) groups is 1. The predicted octanol–water partition coefficient (Wildman–Crippen LogP) is 4.56. The molecule has 122 valence electrons. The van der Waals surface area contributed by atoms with Crippen molar-refractivity contribution in [1.82, 2.24) is 10.2 Å². The Morgan fingerprint density at radius 2 is 2.09 bits per heavy atom. The fourth-order valence-corrected chi connectivity index (χ4v) is 3.98. The first kappa shape index (κ1) is 16.3. The lowest BCUT2D eigenvalue weighted by Gasteiger charge is -2.18. The Labute approximate surface area is 143 Å². The summed E-state index contributed by atoms with van der Waals surface area (Å²) in [5.74, 6) is -0.371. The third-order valence-electron chi connectivity index (χ3n) is 4.04. The van der Waals surface area contributed by atoms with E-state index in [0.717, 1.165) is 17.8 Å². The van der Waals surface area contributed by atoms with E-state index >= 15 is 0 Å². The molecule has 2 aromatic rings. The van der Waals surface area contributed by atoms with Crippen molar-refractivity contribution >= 4 is 34.0 Å². The van der Waals surface area contributed by atoms with Crippen LogP contribution in [0, 0.1) is 5.82 Å². The second-order valence-corrected chi connectivity index (χ2v) is 7.12. The molecule has 0 radical (unpaired) electrons. The number of aromatic nitrogens is 2. The average molecular weight is 354 g/mol. The number of anilines is 1. The molecule has 1 aliphatic carbocycles. The van der Waals surface area contributed by atoms with Gasteiger partial charge in [0.25, 0.3) is 0 Å². The number of hydrogen-bond acceptors (Lipinski definition) is 4. The molecule has 0 saturated heterocycles. The first-order valence-electron chi connectivity index (χ1n) is 7.69. The predicted molar refractivity (Wildman–Crippen MR) is 89.5 cm³/mol. The van der Waals surface area contributed by atoms with Crippen molar-refractivity contribution < 1.29 is 9.18 Å². The highest BCUT2D eigenvalue weighted by Gasteiger charge is 2.20. The third-order valence-corrected chi connectivity index (χ3v) is 5.40. The summed E-state index contributed by atoms with van der Waals surface area (Å²) < 4.78 is 13.7. The number of carbonyl (C=O) groups excluding carboxylic acids is 1. The molecule has 0 spiro atoms. The Bertz CT molecular complexity index is 680. The van der Waals surface area contributed by atoms with Crippen molar-refractivity contribution in [3.63, 3.8) is 0 Å². The summed E-state index contributed by atoms with van der Waals surface area (Å²) in [4.78, 5) is 12.1. The highest BCUT2D eigenvalue weighted by atomic mass is 35.5. The number of nitrogens with zero attached hydrogens (tertiary/aromatic N) is 2. The van der Waals surface area contributed by atoms with E-state index in [0.29, 0.717) is 11.0 Å². The number of rotatable bonds is 4. The normalized spacial score (nSPS) is 15.6. The van der Waals surface area contributed by atoms with Gasteiger partial charge in [-0.3, -0.25) is 4.79 Å². The summed E-state index contributed by atoms with van der Waals surface area (Å²) in [5.41, 5.74) is 0.198. The molecule has 0 atom stereocenters. The molecule has 7 heteroatoms. The topological polar surface area (TPSA) is 54.9 Å². The van der Waals surface area contributed by atoms with Gasteiger partial charge in [0, 0.05) is 16.5 Å². The molecule has 0 unspecified atom stereocenters. The Morgan fingerprint density at radius 3 is 2.83 bits per heavy atom. The molecule has 1 aromatic carbocycles. The SMILES string of the molecule is O=C(Cc1c(F)cccc1Cl)Nc1nnc(C2CCCCC2)s1. The first-order valence-corrected chi connectivity index (χ1v) is 8.89. The molecule has 1 heterocycles. The second-order valence-electron chi connectivity index (χ2n) is 5.71. The van der Waals surface area contributed by atoms with Gasteiger partial charge in [-0.05, 0) is 25.0 Å². The maximum atomic E-state index is 13.7. The summed E-state index contributed by atoms with van der Waals surface area (Å²) in [7, 11) is 0. The van der Waals surface area contributed by atoms with Crippen molar-refractivity contribution in [2.75, 3.05) is 5.32 Å². The number of hydrogen-bond donors (Lipinski definition) is 1. The number of amides is 1. The van der Waals surface area contributed by atoms with Crippen LogP contribution in [0.3, 0.4) is 0 Å². The zero-order chi connectivity index (χ0) is 16.2. The molecule has 0 aliphatic heterocycles. The van der Waals surface area contributed by atoms with Crippen LogP contribution in [-0.2, 0) is 11.2 Å². The van der Waals surface area contributed by atoms with E-state index in [1.54, 1.807) is 6.07 Å². The molecule has 4 nitrogen and oxygen atoms in total. The van der Waals surface area contributed by atoms with Gasteiger partial charge in [-0.2, -0.15) is 0 Å². The second kappa shape index (κ2) is 7.36. The summed E-state index contributed by atoms with van der Waals surface area (Å²) in [5, 5.41) is 12.6. The van der Waals surface area contributed by atoms with Gasteiger partial charge < -0.3 is 5.32 Å². The fraction of sp³-hybridized carbons (Fsp3) is 0.438. The van der Waals surface area contributed by atoms with Crippen LogP contribution < -0.4 is 5.32 Å². The Hall–Kier alpha value is -1.53. The molecule has 1 fully saturated rings. The zero-order valence-corrected chi connectivity index (χ0v) is 14.1. The van der Waals surface area contributed by atoms with Crippen molar-refractivity contribution in [2.45, 2.75) is 44.4 Å². The highest BCUT2D eigenvalue weighted by molar-refractivity contribution is 7.15. The standard InChI is InChI=1S/C16H17ClFN3OS/c17-12-7-4-8-13(18)11(12)9-14(22)19-16-21-20-15(23-16)10-5-2-1-3-6-10/h4,7-8,10H,1-3,5-6,9H2,(H,19,21,22). The molecular formula is C16H17ClFN3OS. The van der Waals surface area contributed by atoms with E-state index in [4.69, 9.17) is 11.6 Å². The maximum Gasteiger partial charge on any atom is 0.230 e. The van der Waals surface area contributed by atoms with E-state index in [-0.39, 0.29) is 22.9 Å². The molecular weight excluding hydrogens is 337 g/mol. The van der Waals surface area contributed by atoms with Crippen LogP contribution in [0.1, 0.15) is 48.6 Å². The lowest BCUT2D eigenvalue weighted by Crippen LogP contribution is -2.15. The smallest absolute Gasteiger partial charge is 0.230 e. The minimum absolute atomic E-state index is 0.121. The van der Waals surface area contributed by atoms with Crippen LogP contribution in [0.15, 0.2) is 18.2 Å². The summed E-state index contributed by atoms with van der Waals surface area (Å²) in [6.07, 6.45) is 5.86. The Morgan fingerprint density at radius 1 is 1.30 bits per heavy atom. The van der Waals surface area contributed by atoms with Gasteiger partial charge in [-0.15, -0.1) is 10.2 Å². The fourth-order valence-electron chi connectivity index (χ4n) is 2.82. The largest absolute Gasteiger partial charge is 0.300 e. The lowest BCUT2D eigenvalue weighted by atomic mass is 9.90. The van der Waals surface area contributed by atoms with Gasteiger partial charge in [0.2, 0.25) is 11.0 Å². The summed E-state index contributed by atoms with van der Waals surface area (Å²) >= 11 is 7.34. The van der Waals surface area contributed by atoms with E-state index in [2.05, 4.69) is 15.5 Å². The monoisotopic (exact) mass is 353 g/mol. The minimum Gasteiger partial charge on any atom is -0.300 e. The number of halogens is 2. The molecule has 23 heavy (non-hydrogen) atoms. The zero-order valence-electron chi connectivity index (χ0n) is 12.5. The maximum absolute atomic E-state index is 13.7. The quantitative estimate of drug-likeness (QED) is 0.876. The Kier molecular flexibility index (Phi) is 5.23. The van der Waals surface area contributed by atoms with E-state index in [9.17, 15) is 9.18 Å². The third kappa shape index (κ3) is 4.06. The van der Waals surface area contributed by atoms with E-state index < -0.39 is 5.82 Å². The molecule has 1 aliphatic rings. The van der Waals surface area contributed by atoms with Crippen molar-refractivity contribution in [1.29, 1.82) is 0 Å². The number of benzene rings is 1. The van der Waals surface area contributed by atoms with Crippen LogP contribution in [0.4, 0.5) is 9.52 Å². The first-order chi connectivity index (χ1) is 11.1. The van der Waals surface area contributed by atoms with Crippen molar-refractivity contribution in [2.24, 2.45) is 0 Å². The summed E-state index contributed by atoms with van der Waals surface area (Å²) in [6.45, 7) is 0. The van der Waals surface area contributed by atoms with Crippen LogP contribution in [0.25, 0.3) is 0 Å². The molecule has 1 aromatic heterocycles. The van der Waals surface area contributed by atoms with Crippen molar-refractivity contribution in [3.8, 4) is 0 Å². The van der Waals surface area contributed by atoms with Crippen LogP contribution in [0.5, 0.6) is 0 Å². The number of nitrogens with one attached hydrogen (secondary N) is 1. The van der Waals surface area contributed by atoms with Crippen LogP contribution in [-0.4, -0.2) is 16.1 Å². The summed E-state index contributed by atoms with van der Waals surface area (Å²) in [6, 6.07) is 4.38. The van der Waals surface area contributed by atoms with Gasteiger partial charge in [-0.25, -0.2) is 4.39 Å². The van der Waals surface area contributed by atoms with Crippen LogP contribution >= 0.6 is 22.9 Å². The van der Waals surface area contributed by atoms with E-state index in [1.807, 2.05) is 0 Å². The Balaban J connectivity index is 1.63. The molecule has 1 N–H and O–H groups in total. The average Bonchev–Trinajstić information content (AvgIpc) is 3.00. The van der Waals surface area contributed by atoms with Gasteiger partial charge in [-0.1, -0.05) is 48.3 Å². The molecule has 1 saturated carbocycles. The van der Waals surface area contributed by atoms with Crippen LogP contribution in [0.2, 0.25) is 5.02 Å². The lowest BCUT2D eigenvalue weighted by molar-refractivity contribution is -0.115. The van der Waals surface area contributed by atoms with Gasteiger partial charge in [0.05, 0.1) is 6.42 Å².